The van der Waals surface area contributed by atoms with Crippen molar-refractivity contribution < 1.29 is 0 Å². The van der Waals surface area contributed by atoms with Gasteiger partial charge in [-0.2, -0.15) is 5.10 Å². The Balaban J connectivity index is 2.33. The van der Waals surface area contributed by atoms with Crippen LogP contribution in [0.1, 0.15) is 31.4 Å². The number of rotatable bonds is 5. The Morgan fingerprint density at radius 1 is 1.53 bits per heavy atom. The first-order valence-corrected chi connectivity index (χ1v) is 5.87. The van der Waals surface area contributed by atoms with Crippen LogP contribution < -0.4 is 5.32 Å². The number of nitrogens with one attached hydrogen (secondary N) is 1. The van der Waals surface area contributed by atoms with Gasteiger partial charge in [-0.1, -0.05) is 19.1 Å². The third-order valence-electron chi connectivity index (χ3n) is 3.07. The van der Waals surface area contributed by atoms with E-state index in [0.717, 1.165) is 18.4 Å². The first kappa shape index (κ1) is 11.8. The van der Waals surface area contributed by atoms with Gasteiger partial charge in [0, 0.05) is 24.0 Å². The molecule has 0 aliphatic carbocycles. The van der Waals surface area contributed by atoms with Crippen LogP contribution in [0.4, 0.5) is 0 Å². The first-order valence-electron chi connectivity index (χ1n) is 5.87. The highest BCUT2D eigenvalue weighted by Gasteiger charge is 2.15. The SMILES string of the molecule is C=C(CC)CC(NC)c1cnn2ccncc12. The van der Waals surface area contributed by atoms with Crippen molar-refractivity contribution in [3.8, 4) is 0 Å². The smallest absolute Gasteiger partial charge is 0.0892 e. The van der Waals surface area contributed by atoms with E-state index < -0.39 is 0 Å². The van der Waals surface area contributed by atoms with Crippen molar-refractivity contribution in [2.24, 2.45) is 0 Å². The van der Waals surface area contributed by atoms with Crippen molar-refractivity contribution in [2.75, 3.05) is 7.05 Å². The zero-order valence-corrected chi connectivity index (χ0v) is 10.3. The molecule has 17 heavy (non-hydrogen) atoms. The van der Waals surface area contributed by atoms with Crippen molar-refractivity contribution in [1.29, 1.82) is 0 Å². The van der Waals surface area contributed by atoms with Crippen LogP contribution >= 0.6 is 0 Å². The summed E-state index contributed by atoms with van der Waals surface area (Å²) in [5, 5.41) is 7.65. The van der Waals surface area contributed by atoms with Gasteiger partial charge >= 0.3 is 0 Å². The summed E-state index contributed by atoms with van der Waals surface area (Å²) in [6.45, 7) is 6.20. The molecule has 0 radical (unpaired) electrons. The largest absolute Gasteiger partial charge is 0.313 e. The maximum Gasteiger partial charge on any atom is 0.0892 e. The van der Waals surface area contributed by atoms with Crippen molar-refractivity contribution >= 4 is 5.52 Å². The average Bonchev–Trinajstić information content (AvgIpc) is 2.79. The standard InChI is InChI=1S/C13H18N4/c1-4-10(2)7-12(14-3)11-8-16-17-6-5-15-9-13(11)17/h5-6,8-9,12,14H,2,4,7H2,1,3H3. The maximum atomic E-state index is 4.33. The molecule has 4 heteroatoms. The molecule has 2 heterocycles. The summed E-state index contributed by atoms with van der Waals surface area (Å²) in [5.74, 6) is 0. The number of aromatic nitrogens is 3. The Labute approximate surface area is 101 Å². The molecule has 0 amide bonds. The minimum atomic E-state index is 0.254. The van der Waals surface area contributed by atoms with E-state index >= 15 is 0 Å². The molecule has 2 aromatic heterocycles. The predicted molar refractivity (Wildman–Crippen MR) is 68.8 cm³/mol. The Bertz CT molecular complexity index is 515. The molecule has 4 nitrogen and oxygen atoms in total. The molecule has 90 valence electrons. The van der Waals surface area contributed by atoms with Crippen LogP contribution in [0.5, 0.6) is 0 Å². The first-order chi connectivity index (χ1) is 8.26. The third kappa shape index (κ3) is 2.36. The zero-order valence-electron chi connectivity index (χ0n) is 10.3. The van der Waals surface area contributed by atoms with E-state index in [1.54, 1.807) is 6.20 Å². The lowest BCUT2D eigenvalue weighted by Gasteiger charge is -2.15. The second-order valence-corrected chi connectivity index (χ2v) is 4.15. The molecule has 0 saturated heterocycles. The number of hydrogen-bond donors (Lipinski definition) is 1. The summed E-state index contributed by atoms with van der Waals surface area (Å²) in [6, 6.07) is 0.254. The number of hydrogen-bond acceptors (Lipinski definition) is 3. The van der Waals surface area contributed by atoms with Crippen LogP contribution in [-0.2, 0) is 0 Å². The van der Waals surface area contributed by atoms with Crippen LogP contribution in [0.15, 0.2) is 36.9 Å². The predicted octanol–water partition coefficient (Wildman–Crippen LogP) is 2.35. The second-order valence-electron chi connectivity index (χ2n) is 4.15. The Morgan fingerprint density at radius 3 is 3.06 bits per heavy atom. The van der Waals surface area contributed by atoms with Crippen molar-refractivity contribution in [2.45, 2.75) is 25.8 Å². The van der Waals surface area contributed by atoms with Gasteiger partial charge in [0.05, 0.1) is 17.9 Å². The average molecular weight is 230 g/mol. The molecule has 0 spiro atoms. The molecular formula is C13H18N4. The van der Waals surface area contributed by atoms with Gasteiger partial charge < -0.3 is 5.32 Å². The molecule has 0 aromatic carbocycles. The van der Waals surface area contributed by atoms with E-state index in [1.165, 1.54) is 11.1 Å². The summed E-state index contributed by atoms with van der Waals surface area (Å²) in [5.41, 5.74) is 3.47. The van der Waals surface area contributed by atoms with Gasteiger partial charge in [0.15, 0.2) is 0 Å². The van der Waals surface area contributed by atoms with E-state index in [9.17, 15) is 0 Å². The molecule has 0 bridgehead atoms. The maximum absolute atomic E-state index is 4.33. The monoisotopic (exact) mass is 230 g/mol. The summed E-state index contributed by atoms with van der Waals surface area (Å²) >= 11 is 0. The molecule has 2 aromatic rings. The lowest BCUT2D eigenvalue weighted by atomic mass is 10.00. The molecule has 1 atom stereocenters. The Kier molecular flexibility index (Phi) is 3.54. The number of fused-ring (bicyclic) bond motifs is 1. The lowest BCUT2D eigenvalue weighted by Crippen LogP contribution is -2.16. The molecule has 0 aliphatic rings. The van der Waals surface area contributed by atoms with Crippen LogP contribution in [0, 0.1) is 0 Å². The van der Waals surface area contributed by atoms with Gasteiger partial charge in [-0.3, -0.25) is 4.98 Å². The van der Waals surface area contributed by atoms with E-state index in [0.29, 0.717) is 0 Å². The van der Waals surface area contributed by atoms with Crippen LogP contribution in [0.2, 0.25) is 0 Å². The molecule has 0 aliphatic heterocycles. The van der Waals surface area contributed by atoms with Crippen molar-refractivity contribution in [1.82, 2.24) is 19.9 Å². The van der Waals surface area contributed by atoms with E-state index in [4.69, 9.17) is 0 Å². The van der Waals surface area contributed by atoms with Gasteiger partial charge in [-0.25, -0.2) is 4.52 Å². The minimum absolute atomic E-state index is 0.254. The van der Waals surface area contributed by atoms with Crippen LogP contribution in [0.25, 0.3) is 5.52 Å². The summed E-state index contributed by atoms with van der Waals surface area (Å²) in [6.07, 6.45) is 9.30. The summed E-state index contributed by atoms with van der Waals surface area (Å²) < 4.78 is 1.85. The molecule has 0 saturated carbocycles. The van der Waals surface area contributed by atoms with E-state index in [-0.39, 0.29) is 6.04 Å². The fourth-order valence-electron chi connectivity index (χ4n) is 1.92. The zero-order chi connectivity index (χ0) is 12.3. The van der Waals surface area contributed by atoms with Gasteiger partial charge in [-0.15, -0.1) is 0 Å². The Morgan fingerprint density at radius 2 is 2.35 bits per heavy atom. The van der Waals surface area contributed by atoms with Crippen LogP contribution in [-0.4, -0.2) is 21.6 Å². The number of nitrogens with zero attached hydrogens (tertiary/aromatic N) is 3. The third-order valence-corrected chi connectivity index (χ3v) is 3.07. The van der Waals surface area contributed by atoms with Gasteiger partial charge in [0.1, 0.15) is 0 Å². The quantitative estimate of drug-likeness (QED) is 0.802. The Hall–Kier alpha value is -1.68. The van der Waals surface area contributed by atoms with Gasteiger partial charge in [0.2, 0.25) is 0 Å². The highest BCUT2D eigenvalue weighted by Crippen LogP contribution is 2.24. The van der Waals surface area contributed by atoms with E-state index in [2.05, 4.69) is 28.9 Å². The molecule has 0 fully saturated rings. The lowest BCUT2D eigenvalue weighted by molar-refractivity contribution is 0.586. The van der Waals surface area contributed by atoms with Gasteiger partial charge in [0.25, 0.3) is 0 Å². The fraction of sp³-hybridized carbons (Fsp3) is 0.385. The molecule has 1 N–H and O–H groups in total. The molecule has 2 rings (SSSR count). The molecule has 1 unspecified atom stereocenters. The minimum Gasteiger partial charge on any atom is -0.313 e. The van der Waals surface area contributed by atoms with Crippen molar-refractivity contribution in [3.63, 3.8) is 0 Å². The summed E-state index contributed by atoms with van der Waals surface area (Å²) in [4.78, 5) is 4.15. The van der Waals surface area contributed by atoms with Crippen molar-refractivity contribution in [3.05, 3.63) is 42.5 Å². The van der Waals surface area contributed by atoms with Crippen LogP contribution in [0.3, 0.4) is 0 Å². The highest BCUT2D eigenvalue weighted by atomic mass is 15.2. The fourth-order valence-corrected chi connectivity index (χ4v) is 1.92. The highest BCUT2D eigenvalue weighted by molar-refractivity contribution is 5.53. The molecular weight excluding hydrogens is 212 g/mol. The van der Waals surface area contributed by atoms with E-state index in [1.807, 2.05) is 30.2 Å². The van der Waals surface area contributed by atoms with Gasteiger partial charge in [-0.05, 0) is 19.9 Å². The second kappa shape index (κ2) is 5.10. The normalized spacial score (nSPS) is 12.8. The summed E-state index contributed by atoms with van der Waals surface area (Å²) in [7, 11) is 1.97. The topological polar surface area (TPSA) is 42.2 Å².